The molecule has 2 aliphatic rings. The average Bonchev–Trinajstić information content (AvgIpc) is 3.09. The molecule has 0 radical (unpaired) electrons. The lowest BCUT2D eigenvalue weighted by Gasteiger charge is -2.25. The van der Waals surface area contributed by atoms with Crippen molar-refractivity contribution < 1.29 is 13.6 Å². The van der Waals surface area contributed by atoms with Gasteiger partial charge in [-0.3, -0.25) is 9.78 Å². The summed E-state index contributed by atoms with van der Waals surface area (Å²) in [7, 11) is 0. The summed E-state index contributed by atoms with van der Waals surface area (Å²) < 4.78 is 27.1. The molecule has 0 N–H and O–H groups in total. The number of aromatic nitrogens is 1. The molecule has 0 fully saturated rings. The molecule has 2 aliphatic heterocycles. The Hall–Kier alpha value is -3.08. The molecule has 5 heteroatoms. The first-order valence-electron chi connectivity index (χ1n) is 8.96. The van der Waals surface area contributed by atoms with Gasteiger partial charge in [-0.25, -0.2) is 8.78 Å². The third-order valence-electron chi connectivity index (χ3n) is 5.32. The first-order valence-corrected chi connectivity index (χ1v) is 8.96. The smallest absolute Gasteiger partial charge is 0.227 e. The van der Waals surface area contributed by atoms with Gasteiger partial charge >= 0.3 is 0 Å². The molecular weight excluding hydrogens is 346 g/mol. The van der Waals surface area contributed by atoms with Crippen LogP contribution in [0.5, 0.6) is 0 Å². The molecule has 3 nitrogen and oxygen atoms in total. The van der Waals surface area contributed by atoms with Crippen molar-refractivity contribution in [3.8, 4) is 22.3 Å². The highest BCUT2D eigenvalue weighted by atomic mass is 19.1. The number of hydrogen-bond donors (Lipinski definition) is 0. The lowest BCUT2D eigenvalue weighted by molar-refractivity contribution is -0.118. The van der Waals surface area contributed by atoms with Gasteiger partial charge in [-0.1, -0.05) is 0 Å². The monoisotopic (exact) mass is 362 g/mol. The average molecular weight is 362 g/mol. The minimum Gasteiger partial charge on any atom is -0.312 e. The Morgan fingerprint density at radius 3 is 2.07 bits per heavy atom. The molecular formula is C22H16F2N2O. The van der Waals surface area contributed by atoms with Crippen LogP contribution in [0.15, 0.2) is 48.8 Å². The van der Waals surface area contributed by atoms with Crippen molar-refractivity contribution in [2.75, 3.05) is 11.4 Å². The van der Waals surface area contributed by atoms with Crippen molar-refractivity contribution in [2.24, 2.45) is 0 Å². The second-order valence-corrected chi connectivity index (χ2v) is 7.06. The van der Waals surface area contributed by atoms with Crippen LogP contribution in [0.1, 0.15) is 17.5 Å². The number of benzene rings is 2. The zero-order valence-electron chi connectivity index (χ0n) is 14.5. The second-order valence-electron chi connectivity index (χ2n) is 7.06. The number of amides is 1. The number of pyridine rings is 1. The van der Waals surface area contributed by atoms with Crippen LogP contribution in [0.2, 0.25) is 0 Å². The topological polar surface area (TPSA) is 33.2 Å². The van der Waals surface area contributed by atoms with Gasteiger partial charge in [0.05, 0.1) is 5.69 Å². The highest BCUT2D eigenvalue weighted by molar-refractivity contribution is 5.99. The summed E-state index contributed by atoms with van der Waals surface area (Å²) in [6.45, 7) is 0.742. The van der Waals surface area contributed by atoms with Crippen LogP contribution in [0.3, 0.4) is 0 Å². The van der Waals surface area contributed by atoms with Crippen LogP contribution in [-0.2, 0) is 17.6 Å². The third-order valence-corrected chi connectivity index (χ3v) is 5.32. The number of aryl methyl sites for hydroxylation is 1. The van der Waals surface area contributed by atoms with Crippen LogP contribution < -0.4 is 4.90 Å². The number of halogens is 2. The van der Waals surface area contributed by atoms with Gasteiger partial charge in [0.25, 0.3) is 0 Å². The van der Waals surface area contributed by atoms with E-state index >= 15 is 0 Å². The normalized spacial score (nSPS) is 15.2. The standard InChI is InChI=1S/C22H16F2N2O/c23-19-8-16(9-20(24)10-19)18-7-17(11-25-12-18)15-5-13-1-2-21(27)26-4-3-14(6-15)22(13)26/h5-12H,1-4H2. The predicted molar refractivity (Wildman–Crippen MR) is 99.4 cm³/mol. The molecule has 0 spiro atoms. The van der Waals surface area contributed by atoms with Crippen LogP contribution >= 0.6 is 0 Å². The summed E-state index contributed by atoms with van der Waals surface area (Å²) in [5, 5.41) is 0. The first kappa shape index (κ1) is 16.1. The van der Waals surface area contributed by atoms with Crippen molar-refractivity contribution >= 4 is 11.6 Å². The zero-order chi connectivity index (χ0) is 18.5. The van der Waals surface area contributed by atoms with Gasteiger partial charge in [0.1, 0.15) is 11.6 Å². The van der Waals surface area contributed by atoms with Crippen LogP contribution in [0.25, 0.3) is 22.3 Å². The van der Waals surface area contributed by atoms with Gasteiger partial charge in [0.2, 0.25) is 5.91 Å². The Labute approximate surface area is 155 Å². The van der Waals surface area contributed by atoms with Crippen molar-refractivity contribution in [2.45, 2.75) is 19.3 Å². The Kier molecular flexibility index (Phi) is 3.57. The largest absolute Gasteiger partial charge is 0.312 e. The fourth-order valence-corrected chi connectivity index (χ4v) is 4.10. The van der Waals surface area contributed by atoms with Gasteiger partial charge in [-0.2, -0.15) is 0 Å². The molecule has 27 heavy (non-hydrogen) atoms. The molecule has 1 amide bonds. The van der Waals surface area contributed by atoms with Crippen LogP contribution in [0, 0.1) is 11.6 Å². The fourth-order valence-electron chi connectivity index (χ4n) is 4.10. The molecule has 0 saturated heterocycles. The van der Waals surface area contributed by atoms with E-state index in [1.54, 1.807) is 12.4 Å². The number of anilines is 1. The third kappa shape index (κ3) is 2.70. The van der Waals surface area contributed by atoms with Crippen LogP contribution in [-0.4, -0.2) is 17.4 Å². The molecule has 0 bridgehead atoms. The summed E-state index contributed by atoms with van der Waals surface area (Å²) in [5.41, 5.74) is 6.47. The van der Waals surface area contributed by atoms with Crippen molar-refractivity contribution in [3.05, 3.63) is 71.6 Å². The summed E-state index contributed by atoms with van der Waals surface area (Å²) in [6, 6.07) is 9.58. The van der Waals surface area contributed by atoms with Crippen molar-refractivity contribution in [1.29, 1.82) is 0 Å². The van der Waals surface area contributed by atoms with Gasteiger partial charge in [-0.05, 0) is 65.4 Å². The van der Waals surface area contributed by atoms with E-state index in [1.165, 1.54) is 23.3 Å². The lowest BCUT2D eigenvalue weighted by Crippen LogP contribution is -2.32. The minimum absolute atomic E-state index is 0.200. The number of carbonyl (C=O) groups excluding carboxylic acids is 1. The SMILES string of the molecule is O=C1CCc2cc(-c3cncc(-c4cc(F)cc(F)c4)c3)cc3c2N1CC3. The Morgan fingerprint density at radius 1 is 0.741 bits per heavy atom. The number of carbonyl (C=O) groups is 1. The van der Waals surface area contributed by atoms with Gasteiger partial charge < -0.3 is 4.90 Å². The quantitative estimate of drug-likeness (QED) is 0.671. The van der Waals surface area contributed by atoms with E-state index in [0.717, 1.165) is 42.3 Å². The molecule has 0 saturated carbocycles. The summed E-state index contributed by atoms with van der Waals surface area (Å²) in [4.78, 5) is 18.3. The van der Waals surface area contributed by atoms with Crippen molar-refractivity contribution in [3.63, 3.8) is 0 Å². The number of rotatable bonds is 2. The lowest BCUT2D eigenvalue weighted by atomic mass is 9.93. The Morgan fingerprint density at radius 2 is 1.37 bits per heavy atom. The summed E-state index contributed by atoms with van der Waals surface area (Å²) in [6.07, 6.45) is 5.50. The molecule has 3 aromatic rings. The number of nitrogens with zero attached hydrogens (tertiary/aromatic N) is 2. The summed E-state index contributed by atoms with van der Waals surface area (Å²) in [5.74, 6) is -1.02. The molecule has 0 aliphatic carbocycles. The fraction of sp³-hybridized carbons (Fsp3) is 0.182. The molecule has 3 heterocycles. The van der Waals surface area contributed by atoms with E-state index in [4.69, 9.17) is 0 Å². The van der Waals surface area contributed by atoms with Gasteiger partial charge in [0, 0.05) is 42.6 Å². The van der Waals surface area contributed by atoms with E-state index in [-0.39, 0.29) is 5.91 Å². The van der Waals surface area contributed by atoms with E-state index in [1.807, 2.05) is 11.0 Å². The molecule has 5 rings (SSSR count). The first-order chi connectivity index (χ1) is 13.1. The second kappa shape index (κ2) is 5.98. The van der Waals surface area contributed by atoms with E-state index < -0.39 is 11.6 Å². The Bertz CT molecular complexity index is 1070. The highest BCUT2D eigenvalue weighted by Gasteiger charge is 2.31. The van der Waals surface area contributed by atoms with E-state index in [2.05, 4.69) is 17.1 Å². The molecule has 0 atom stereocenters. The predicted octanol–water partition coefficient (Wildman–Crippen LogP) is 4.53. The Balaban J connectivity index is 1.60. The maximum Gasteiger partial charge on any atom is 0.227 e. The minimum atomic E-state index is -0.609. The maximum absolute atomic E-state index is 13.6. The summed E-state index contributed by atoms with van der Waals surface area (Å²) >= 11 is 0. The molecule has 1 aromatic heterocycles. The van der Waals surface area contributed by atoms with Gasteiger partial charge in [-0.15, -0.1) is 0 Å². The van der Waals surface area contributed by atoms with E-state index in [0.29, 0.717) is 17.5 Å². The highest BCUT2D eigenvalue weighted by Crippen LogP contribution is 2.40. The molecule has 2 aromatic carbocycles. The van der Waals surface area contributed by atoms with E-state index in [9.17, 15) is 13.6 Å². The molecule has 0 unspecified atom stereocenters. The molecule has 134 valence electrons. The number of hydrogen-bond acceptors (Lipinski definition) is 2. The maximum atomic E-state index is 13.6. The van der Waals surface area contributed by atoms with Gasteiger partial charge in [0.15, 0.2) is 0 Å². The van der Waals surface area contributed by atoms with Crippen molar-refractivity contribution in [1.82, 2.24) is 4.98 Å². The van der Waals surface area contributed by atoms with Crippen LogP contribution in [0.4, 0.5) is 14.5 Å². The zero-order valence-corrected chi connectivity index (χ0v) is 14.5.